The second kappa shape index (κ2) is 8.57. The molecule has 28 heavy (non-hydrogen) atoms. The quantitative estimate of drug-likeness (QED) is 0.690. The molecular weight excluding hydrogens is 387 g/mol. The van der Waals surface area contributed by atoms with Crippen LogP contribution >= 0.6 is 0 Å². The molecule has 1 amide bonds. The number of carbonyl (C=O) groups excluding carboxylic acids is 2. The van der Waals surface area contributed by atoms with Crippen molar-refractivity contribution >= 4 is 21.9 Å². The van der Waals surface area contributed by atoms with E-state index in [1.807, 2.05) is 34.6 Å². The molecular formula is C19H29FN2O5S. The highest BCUT2D eigenvalue weighted by atomic mass is 32.2. The van der Waals surface area contributed by atoms with Crippen molar-refractivity contribution in [1.82, 2.24) is 9.62 Å². The molecule has 1 rings (SSSR count). The first-order valence-corrected chi connectivity index (χ1v) is 10.2. The molecule has 0 heterocycles. The van der Waals surface area contributed by atoms with Crippen LogP contribution in [0, 0.1) is 11.2 Å². The summed E-state index contributed by atoms with van der Waals surface area (Å²) in [4.78, 5) is 24.0. The fourth-order valence-electron chi connectivity index (χ4n) is 3.02. The molecule has 1 aromatic rings. The fraction of sp³-hybridized carbons (Fsp3) is 0.579. The third-order valence-corrected chi connectivity index (χ3v) is 5.53. The van der Waals surface area contributed by atoms with Gasteiger partial charge in [0.25, 0.3) is 5.91 Å². The van der Waals surface area contributed by atoms with Gasteiger partial charge >= 0.3 is 5.97 Å². The molecule has 0 aliphatic rings. The summed E-state index contributed by atoms with van der Waals surface area (Å²) in [7, 11) is -1.20. The van der Waals surface area contributed by atoms with E-state index in [0.717, 1.165) is 22.5 Å². The molecule has 0 bridgehead atoms. The first-order chi connectivity index (χ1) is 12.5. The lowest BCUT2D eigenvalue weighted by molar-refractivity contribution is -0.126. The van der Waals surface area contributed by atoms with Crippen LogP contribution in [0.1, 0.15) is 51.4 Å². The van der Waals surface area contributed by atoms with Crippen molar-refractivity contribution in [3.05, 3.63) is 29.6 Å². The Labute approximate surface area is 166 Å². The highest BCUT2D eigenvalue weighted by Gasteiger charge is 2.28. The van der Waals surface area contributed by atoms with E-state index in [0.29, 0.717) is 6.42 Å². The van der Waals surface area contributed by atoms with Gasteiger partial charge in [-0.15, -0.1) is 0 Å². The number of hydrogen-bond acceptors (Lipinski definition) is 5. The van der Waals surface area contributed by atoms with Crippen LogP contribution in [0.4, 0.5) is 4.39 Å². The van der Waals surface area contributed by atoms with Crippen molar-refractivity contribution < 1.29 is 27.1 Å². The molecule has 0 unspecified atom stereocenters. The number of nitrogens with zero attached hydrogens (tertiary/aromatic N) is 1. The van der Waals surface area contributed by atoms with Gasteiger partial charge in [-0.3, -0.25) is 4.79 Å². The minimum absolute atomic E-state index is 0.0189. The maximum atomic E-state index is 14.0. The summed E-state index contributed by atoms with van der Waals surface area (Å²) in [6, 6.07) is 2.83. The normalized spacial score (nSPS) is 12.8. The number of hydrogen-bond donors (Lipinski definition) is 1. The van der Waals surface area contributed by atoms with E-state index in [-0.39, 0.29) is 10.3 Å². The Morgan fingerprint density at radius 1 is 1.14 bits per heavy atom. The lowest BCUT2D eigenvalue weighted by Gasteiger charge is -2.33. The monoisotopic (exact) mass is 416 g/mol. The second-order valence-electron chi connectivity index (χ2n) is 8.67. The third-order valence-electron chi connectivity index (χ3n) is 3.72. The number of nitrogens with one attached hydrogen (secondary N) is 1. The predicted octanol–water partition coefficient (Wildman–Crippen LogP) is 2.56. The Morgan fingerprint density at radius 3 is 2.21 bits per heavy atom. The zero-order valence-corrected chi connectivity index (χ0v) is 18.2. The van der Waals surface area contributed by atoms with Gasteiger partial charge < -0.3 is 10.1 Å². The van der Waals surface area contributed by atoms with Crippen LogP contribution in [-0.4, -0.2) is 50.8 Å². The summed E-state index contributed by atoms with van der Waals surface area (Å²) < 4.78 is 44.1. The van der Waals surface area contributed by atoms with Crippen molar-refractivity contribution in [2.75, 3.05) is 20.7 Å². The smallest absolute Gasteiger partial charge is 0.341 e. The highest BCUT2D eigenvalue weighted by Crippen LogP contribution is 2.26. The zero-order valence-electron chi connectivity index (χ0n) is 17.4. The van der Waals surface area contributed by atoms with Crippen LogP contribution in [-0.2, 0) is 19.6 Å². The minimum Gasteiger partial charge on any atom is -0.452 e. The standard InChI is InChI=1S/C19H29FN2O5S/c1-18(2,3)12-19(4,5)21-16(23)11-27-17(24)14-10-13(8-9-15(14)20)28(25,26)22(6)7/h8-10H,11-12H2,1-7H3,(H,21,23). The minimum atomic E-state index is -3.84. The molecule has 0 saturated carbocycles. The lowest BCUT2D eigenvalue weighted by Crippen LogP contribution is -2.47. The second-order valence-corrected chi connectivity index (χ2v) is 10.8. The molecule has 158 valence electrons. The molecule has 0 aliphatic heterocycles. The fourth-order valence-corrected chi connectivity index (χ4v) is 3.95. The van der Waals surface area contributed by atoms with Crippen molar-refractivity contribution in [2.24, 2.45) is 5.41 Å². The van der Waals surface area contributed by atoms with Crippen molar-refractivity contribution in [3.63, 3.8) is 0 Å². The number of amides is 1. The summed E-state index contributed by atoms with van der Waals surface area (Å²) in [6.07, 6.45) is 0.693. The molecule has 0 spiro atoms. The van der Waals surface area contributed by atoms with Crippen LogP contribution in [0.3, 0.4) is 0 Å². The van der Waals surface area contributed by atoms with Crippen molar-refractivity contribution in [1.29, 1.82) is 0 Å². The van der Waals surface area contributed by atoms with Gasteiger partial charge in [-0.2, -0.15) is 0 Å². The van der Waals surface area contributed by atoms with Gasteiger partial charge in [0.1, 0.15) is 5.82 Å². The number of halogens is 1. The zero-order chi connectivity index (χ0) is 21.9. The van der Waals surface area contributed by atoms with Crippen LogP contribution in [0.2, 0.25) is 0 Å². The van der Waals surface area contributed by atoms with E-state index in [2.05, 4.69) is 5.32 Å². The van der Waals surface area contributed by atoms with E-state index in [1.165, 1.54) is 14.1 Å². The van der Waals surface area contributed by atoms with Gasteiger partial charge in [0.15, 0.2) is 6.61 Å². The maximum absolute atomic E-state index is 14.0. The lowest BCUT2D eigenvalue weighted by atomic mass is 9.82. The summed E-state index contributed by atoms with van der Waals surface area (Å²) in [6.45, 7) is 9.23. The molecule has 1 N–H and O–H groups in total. The van der Waals surface area contributed by atoms with Crippen LogP contribution in [0.5, 0.6) is 0 Å². The molecule has 0 aromatic heterocycles. The van der Waals surface area contributed by atoms with E-state index >= 15 is 0 Å². The summed E-state index contributed by atoms with van der Waals surface area (Å²) in [5, 5.41) is 2.77. The number of rotatable bonds is 7. The average Bonchev–Trinajstić information content (AvgIpc) is 2.49. The number of sulfonamides is 1. The molecule has 9 heteroatoms. The van der Waals surface area contributed by atoms with Crippen LogP contribution in [0.25, 0.3) is 0 Å². The van der Waals surface area contributed by atoms with E-state index < -0.39 is 45.4 Å². The van der Waals surface area contributed by atoms with Gasteiger partial charge in [0, 0.05) is 19.6 Å². The van der Waals surface area contributed by atoms with Gasteiger partial charge in [-0.1, -0.05) is 20.8 Å². The average molecular weight is 417 g/mol. The first-order valence-electron chi connectivity index (χ1n) is 8.75. The first kappa shape index (κ1) is 24.0. The summed E-state index contributed by atoms with van der Waals surface area (Å²) >= 11 is 0. The Balaban J connectivity index is 2.85. The van der Waals surface area contributed by atoms with Gasteiger partial charge in [-0.25, -0.2) is 21.9 Å². The third kappa shape index (κ3) is 6.87. The van der Waals surface area contributed by atoms with Crippen LogP contribution < -0.4 is 5.32 Å². The number of ether oxygens (including phenoxy) is 1. The predicted molar refractivity (Wildman–Crippen MR) is 104 cm³/mol. The van der Waals surface area contributed by atoms with E-state index in [9.17, 15) is 22.4 Å². The van der Waals surface area contributed by atoms with Crippen molar-refractivity contribution in [3.8, 4) is 0 Å². The van der Waals surface area contributed by atoms with Gasteiger partial charge in [-0.05, 0) is 43.9 Å². The molecule has 0 aliphatic carbocycles. The Kier molecular flexibility index (Phi) is 7.35. The summed E-state index contributed by atoms with van der Waals surface area (Å²) in [5.74, 6) is -2.58. The van der Waals surface area contributed by atoms with E-state index in [1.54, 1.807) is 0 Å². The SMILES string of the molecule is CN(C)S(=O)(=O)c1ccc(F)c(C(=O)OCC(=O)NC(C)(C)CC(C)(C)C)c1. The largest absolute Gasteiger partial charge is 0.452 e. The highest BCUT2D eigenvalue weighted by molar-refractivity contribution is 7.89. The Morgan fingerprint density at radius 2 is 1.71 bits per heavy atom. The Bertz CT molecular complexity index is 842. The Hall–Kier alpha value is -2.00. The number of esters is 1. The molecule has 7 nitrogen and oxygen atoms in total. The topological polar surface area (TPSA) is 92.8 Å². The van der Waals surface area contributed by atoms with Gasteiger partial charge in [0.05, 0.1) is 10.5 Å². The van der Waals surface area contributed by atoms with E-state index in [4.69, 9.17) is 4.74 Å². The number of carbonyl (C=O) groups is 2. The summed E-state index contributed by atoms with van der Waals surface area (Å²) in [5.41, 5.74) is -1.09. The van der Waals surface area contributed by atoms with Crippen molar-refractivity contribution in [2.45, 2.75) is 51.5 Å². The maximum Gasteiger partial charge on any atom is 0.341 e. The molecule has 0 fully saturated rings. The number of benzene rings is 1. The van der Waals surface area contributed by atoms with Gasteiger partial charge in [0.2, 0.25) is 10.0 Å². The molecule has 0 atom stereocenters. The molecule has 0 saturated heterocycles. The molecule has 0 radical (unpaired) electrons. The van der Waals surface area contributed by atoms with Crippen LogP contribution in [0.15, 0.2) is 23.1 Å². The molecule has 1 aromatic carbocycles.